The van der Waals surface area contributed by atoms with Crippen molar-refractivity contribution in [3.05, 3.63) is 107 Å². The number of carbonyl (C=O) groups excluding carboxylic acids is 1. The van der Waals surface area contributed by atoms with Crippen LogP contribution in [0.4, 0.5) is 24.5 Å². The Hall–Kier alpha value is -5.18. The topological polar surface area (TPSA) is 169 Å². The summed E-state index contributed by atoms with van der Waals surface area (Å²) < 4.78 is 103. The van der Waals surface area contributed by atoms with Gasteiger partial charge in [-0.3, -0.25) is 9.69 Å². The Morgan fingerprint density at radius 3 is 2.39 bits per heavy atom. The number of aromatic nitrogens is 2. The molecule has 358 valence electrons. The van der Waals surface area contributed by atoms with Crippen molar-refractivity contribution in [2.24, 2.45) is 5.41 Å². The minimum Gasteiger partial charge on any atom is -0.455 e. The van der Waals surface area contributed by atoms with Crippen LogP contribution in [0.5, 0.6) is 11.5 Å². The standard InChI is InChI=1S/C47H54ClF3N8O6S2/c1-46(2)14-12-34(40(29-46)32-4-6-35(48)7-5-32)31-58-22-24-59(25-23-58)36-8-10-39(42(27-36)65-37-26-33-13-16-54-44(33)55-30-37)45(60)56-67(63,64)38-9-11-41(43(28-38)66(61,62)47(49,50)51)53-15-3-19-57-20-17-52-18-21-57/h4-11,13,16,26-28,30,52-53H,3,12,14-15,17-25,29,31H2,1-2H3,(H,54,55)(H,56,60). The second kappa shape index (κ2) is 19.8. The molecular weight excluding hydrogens is 929 g/mol. The Bertz CT molecular complexity index is 2860. The number of alkyl halides is 3. The Balaban J connectivity index is 1.01. The lowest BCUT2D eigenvalue weighted by Crippen LogP contribution is -2.47. The molecule has 0 atom stereocenters. The zero-order valence-corrected chi connectivity index (χ0v) is 39.6. The monoisotopic (exact) mass is 982 g/mol. The van der Waals surface area contributed by atoms with E-state index in [2.05, 4.69) is 61.3 Å². The number of sulfone groups is 1. The van der Waals surface area contributed by atoms with Crippen molar-refractivity contribution in [2.75, 3.05) is 82.2 Å². The fraction of sp³-hybridized carbons (Fsp3) is 0.404. The fourth-order valence-electron chi connectivity index (χ4n) is 8.84. The lowest BCUT2D eigenvalue weighted by molar-refractivity contribution is -0.0435. The number of benzene rings is 3. The second-order valence-corrected chi connectivity index (χ2v) is 22.0. The van der Waals surface area contributed by atoms with E-state index in [1.165, 1.54) is 29.0 Å². The average Bonchev–Trinajstić information content (AvgIpc) is 3.77. The van der Waals surface area contributed by atoms with E-state index in [0.717, 1.165) is 82.6 Å². The van der Waals surface area contributed by atoms with Gasteiger partial charge < -0.3 is 30.2 Å². The zero-order chi connectivity index (χ0) is 47.6. The van der Waals surface area contributed by atoms with Gasteiger partial charge in [0, 0.05) is 93.8 Å². The van der Waals surface area contributed by atoms with Gasteiger partial charge in [-0.25, -0.2) is 26.5 Å². The Kier molecular flexibility index (Phi) is 14.3. The number of hydrogen-bond donors (Lipinski definition) is 4. The first-order valence-electron chi connectivity index (χ1n) is 22.2. The van der Waals surface area contributed by atoms with Gasteiger partial charge in [0.15, 0.2) is 0 Å². The van der Waals surface area contributed by atoms with Crippen LogP contribution in [0.2, 0.25) is 5.02 Å². The van der Waals surface area contributed by atoms with Crippen LogP contribution < -0.4 is 25.0 Å². The summed E-state index contributed by atoms with van der Waals surface area (Å²) in [4.78, 5) is 26.0. The summed E-state index contributed by atoms with van der Waals surface area (Å²) >= 11 is 6.23. The van der Waals surface area contributed by atoms with Crippen molar-refractivity contribution < 1.29 is 39.5 Å². The molecule has 3 aromatic carbocycles. The van der Waals surface area contributed by atoms with Gasteiger partial charge in [0.05, 0.1) is 22.3 Å². The smallest absolute Gasteiger partial charge is 0.455 e. The molecule has 1 aliphatic carbocycles. The number of carbonyl (C=O) groups is 1. The van der Waals surface area contributed by atoms with Crippen molar-refractivity contribution in [2.45, 2.75) is 54.8 Å². The number of fused-ring (bicyclic) bond motifs is 1. The van der Waals surface area contributed by atoms with Gasteiger partial charge in [-0.15, -0.1) is 0 Å². The van der Waals surface area contributed by atoms with Gasteiger partial charge in [0.2, 0.25) is 0 Å². The van der Waals surface area contributed by atoms with Crippen LogP contribution in [-0.4, -0.2) is 120 Å². The molecule has 14 nitrogen and oxygen atoms in total. The van der Waals surface area contributed by atoms with Crippen molar-refractivity contribution in [1.29, 1.82) is 0 Å². The Morgan fingerprint density at radius 1 is 0.910 bits per heavy atom. The molecule has 0 radical (unpaired) electrons. The molecule has 67 heavy (non-hydrogen) atoms. The third-order valence-corrected chi connectivity index (χ3v) is 15.7. The van der Waals surface area contributed by atoms with Gasteiger partial charge >= 0.3 is 5.51 Å². The fourth-order valence-corrected chi connectivity index (χ4v) is 11.0. The highest BCUT2D eigenvalue weighted by molar-refractivity contribution is 7.92. The Labute approximate surface area is 393 Å². The minimum atomic E-state index is -6.03. The summed E-state index contributed by atoms with van der Waals surface area (Å²) in [7, 11) is -11.0. The lowest BCUT2D eigenvalue weighted by atomic mass is 9.72. The van der Waals surface area contributed by atoms with Gasteiger partial charge in [-0.2, -0.15) is 13.2 Å². The number of hydrogen-bond acceptors (Lipinski definition) is 12. The number of aromatic amines is 1. The molecule has 8 rings (SSSR count). The largest absolute Gasteiger partial charge is 0.501 e. The minimum absolute atomic E-state index is 0.00685. The molecule has 2 aromatic heterocycles. The van der Waals surface area contributed by atoms with E-state index in [0.29, 0.717) is 48.5 Å². The van der Waals surface area contributed by atoms with Gasteiger partial charge in [0.1, 0.15) is 22.0 Å². The number of amides is 1. The number of allylic oxidation sites excluding steroid dienone is 1. The maximum absolute atomic E-state index is 14.0. The van der Waals surface area contributed by atoms with E-state index in [1.807, 2.05) is 16.9 Å². The number of rotatable bonds is 15. The number of anilines is 2. The molecule has 3 aliphatic rings. The van der Waals surface area contributed by atoms with E-state index in [9.17, 15) is 34.8 Å². The number of H-pyrrole nitrogens is 1. The predicted molar refractivity (Wildman–Crippen MR) is 254 cm³/mol. The van der Waals surface area contributed by atoms with Crippen molar-refractivity contribution in [3.63, 3.8) is 0 Å². The molecule has 2 aliphatic heterocycles. The summed E-state index contributed by atoms with van der Waals surface area (Å²) in [6.07, 6.45) is 6.72. The van der Waals surface area contributed by atoms with E-state index >= 15 is 0 Å². The summed E-state index contributed by atoms with van der Waals surface area (Å²) in [5.74, 6) is -0.908. The van der Waals surface area contributed by atoms with E-state index in [1.54, 1.807) is 30.5 Å². The van der Waals surface area contributed by atoms with Crippen LogP contribution in [0, 0.1) is 5.41 Å². The number of nitrogens with zero attached hydrogens (tertiary/aromatic N) is 4. The predicted octanol–water partition coefficient (Wildman–Crippen LogP) is 7.91. The van der Waals surface area contributed by atoms with Crippen LogP contribution in [-0.2, 0) is 19.9 Å². The first-order chi connectivity index (χ1) is 31.8. The van der Waals surface area contributed by atoms with Crippen LogP contribution in [0.3, 0.4) is 0 Å². The molecule has 2 fully saturated rings. The van der Waals surface area contributed by atoms with Gasteiger partial charge in [-0.1, -0.05) is 43.2 Å². The number of ether oxygens (including phenoxy) is 1. The van der Waals surface area contributed by atoms with Crippen molar-refractivity contribution in [3.8, 4) is 11.5 Å². The van der Waals surface area contributed by atoms with E-state index in [-0.39, 0.29) is 29.0 Å². The van der Waals surface area contributed by atoms with Crippen LogP contribution in [0.25, 0.3) is 16.6 Å². The zero-order valence-electron chi connectivity index (χ0n) is 37.3. The quantitative estimate of drug-likeness (QED) is 0.0750. The van der Waals surface area contributed by atoms with Crippen LogP contribution in [0.1, 0.15) is 55.5 Å². The maximum atomic E-state index is 14.0. The third kappa shape index (κ3) is 11.4. The number of halogens is 4. The molecule has 1 amide bonds. The molecule has 4 N–H and O–H groups in total. The first kappa shape index (κ1) is 48.3. The molecular formula is C47H54ClF3N8O6S2. The average molecular weight is 984 g/mol. The normalized spacial score (nSPS) is 17.7. The highest BCUT2D eigenvalue weighted by atomic mass is 35.5. The van der Waals surface area contributed by atoms with E-state index in [4.69, 9.17) is 16.3 Å². The molecule has 0 unspecified atom stereocenters. The summed E-state index contributed by atoms with van der Waals surface area (Å²) in [6.45, 7) is 12.2. The molecule has 5 aromatic rings. The first-order valence-corrected chi connectivity index (χ1v) is 25.6. The summed E-state index contributed by atoms with van der Waals surface area (Å²) in [6, 6.07) is 18.6. The number of piperazine rings is 2. The number of sulfonamides is 1. The molecule has 20 heteroatoms. The Morgan fingerprint density at radius 2 is 1.66 bits per heavy atom. The van der Waals surface area contributed by atoms with Gasteiger partial charge in [-0.05, 0) is 103 Å². The molecule has 4 heterocycles. The van der Waals surface area contributed by atoms with Gasteiger partial charge in [0.25, 0.3) is 25.8 Å². The van der Waals surface area contributed by atoms with Crippen LogP contribution >= 0.6 is 11.6 Å². The number of nitrogens with one attached hydrogen (secondary N) is 4. The summed E-state index contributed by atoms with van der Waals surface area (Å²) in [5.41, 5.74) is -0.874. The molecule has 0 spiro atoms. The maximum Gasteiger partial charge on any atom is 0.501 e. The van der Waals surface area contributed by atoms with Crippen LogP contribution in [0.15, 0.2) is 101 Å². The van der Waals surface area contributed by atoms with Crippen molar-refractivity contribution in [1.82, 2.24) is 29.8 Å². The molecule has 0 saturated carbocycles. The van der Waals surface area contributed by atoms with Crippen molar-refractivity contribution >= 4 is 65.3 Å². The third-order valence-electron chi connectivity index (χ3n) is 12.6. The SMILES string of the molecule is CC1(C)CCC(CN2CCN(c3ccc(C(=O)NS(=O)(=O)c4ccc(NCCCN5CCNCC5)c(S(=O)(=O)C(F)(F)F)c4)c(Oc4cnc5[nH]ccc5c4)c3)CC2)=C(c2ccc(Cl)cc2)C1. The summed E-state index contributed by atoms with van der Waals surface area (Å²) in [5, 5.41) is 7.39. The molecule has 0 bridgehead atoms. The highest BCUT2D eigenvalue weighted by Crippen LogP contribution is 2.44. The highest BCUT2D eigenvalue weighted by Gasteiger charge is 2.48. The van der Waals surface area contributed by atoms with E-state index < -0.39 is 46.8 Å². The number of pyridine rings is 1. The second-order valence-electron chi connectivity index (χ2n) is 18.0. The molecule has 2 saturated heterocycles. The lowest BCUT2D eigenvalue weighted by Gasteiger charge is -2.39.